The third-order valence-corrected chi connectivity index (χ3v) is 3.35. The topological polar surface area (TPSA) is 38.7 Å². The van der Waals surface area contributed by atoms with Gasteiger partial charge in [-0.3, -0.25) is 0 Å². The maximum Gasteiger partial charge on any atom is 0.168 e. The van der Waals surface area contributed by atoms with Crippen molar-refractivity contribution in [3.63, 3.8) is 0 Å². The minimum atomic E-state index is -0.653. The van der Waals surface area contributed by atoms with Crippen LogP contribution in [-0.4, -0.2) is 25.4 Å². The monoisotopic (exact) mass is 290 g/mol. The van der Waals surface area contributed by atoms with Crippen LogP contribution < -0.4 is 9.47 Å². The van der Waals surface area contributed by atoms with Crippen molar-refractivity contribution in [1.82, 2.24) is 0 Å². The van der Waals surface area contributed by atoms with Gasteiger partial charge in [0.1, 0.15) is 5.75 Å². The molecule has 4 heteroatoms. The van der Waals surface area contributed by atoms with Crippen LogP contribution in [0.1, 0.15) is 11.1 Å². The second kappa shape index (κ2) is 7.09. The molecule has 2 rings (SSSR count). The number of hydrogen-bond donors (Lipinski definition) is 1. The van der Waals surface area contributed by atoms with Crippen molar-refractivity contribution in [2.45, 2.75) is 18.9 Å². The van der Waals surface area contributed by atoms with E-state index in [4.69, 9.17) is 9.47 Å². The van der Waals surface area contributed by atoms with Gasteiger partial charge < -0.3 is 14.6 Å². The Kier molecular flexibility index (Phi) is 5.17. The van der Waals surface area contributed by atoms with Crippen molar-refractivity contribution in [3.8, 4) is 11.5 Å². The molecule has 0 saturated heterocycles. The highest BCUT2D eigenvalue weighted by molar-refractivity contribution is 5.32. The molecular weight excluding hydrogens is 271 g/mol. The van der Waals surface area contributed by atoms with Gasteiger partial charge in [0.25, 0.3) is 0 Å². The zero-order valence-corrected chi connectivity index (χ0v) is 12.2. The first-order valence-corrected chi connectivity index (χ1v) is 6.76. The third kappa shape index (κ3) is 3.95. The van der Waals surface area contributed by atoms with Gasteiger partial charge in [-0.2, -0.15) is 0 Å². The van der Waals surface area contributed by atoms with Crippen LogP contribution in [-0.2, 0) is 12.8 Å². The van der Waals surface area contributed by atoms with Crippen LogP contribution in [0.2, 0.25) is 0 Å². The van der Waals surface area contributed by atoms with E-state index in [0.717, 1.165) is 11.3 Å². The van der Waals surface area contributed by atoms with E-state index in [1.165, 1.54) is 7.11 Å². The van der Waals surface area contributed by atoms with Crippen molar-refractivity contribution in [2.24, 2.45) is 0 Å². The van der Waals surface area contributed by atoms with E-state index < -0.39 is 11.9 Å². The Morgan fingerprint density at radius 2 is 1.71 bits per heavy atom. The summed E-state index contributed by atoms with van der Waals surface area (Å²) in [7, 11) is 3.03. The predicted molar refractivity (Wildman–Crippen MR) is 79.4 cm³/mol. The standard InChI is InChI=1S/C17H19FO3/c1-20-15-8-6-12(7-9-15)10-14(19)11-13-4-3-5-16(21-2)17(13)18/h3-9,14,19H,10-11H2,1-2H3. The first-order valence-electron chi connectivity index (χ1n) is 6.76. The van der Waals surface area contributed by atoms with E-state index in [1.807, 2.05) is 24.3 Å². The zero-order chi connectivity index (χ0) is 15.2. The Labute approximate surface area is 124 Å². The normalized spacial score (nSPS) is 12.0. The van der Waals surface area contributed by atoms with Crippen molar-refractivity contribution >= 4 is 0 Å². The van der Waals surface area contributed by atoms with Crippen LogP contribution in [0.15, 0.2) is 42.5 Å². The summed E-state index contributed by atoms with van der Waals surface area (Å²) in [4.78, 5) is 0. The molecule has 0 fully saturated rings. The molecule has 21 heavy (non-hydrogen) atoms. The van der Waals surface area contributed by atoms with Crippen molar-refractivity contribution in [2.75, 3.05) is 14.2 Å². The Balaban J connectivity index is 2.02. The van der Waals surface area contributed by atoms with E-state index in [-0.39, 0.29) is 12.2 Å². The SMILES string of the molecule is COc1ccc(CC(O)Cc2cccc(OC)c2F)cc1. The molecule has 0 radical (unpaired) electrons. The van der Waals surface area contributed by atoms with Crippen molar-refractivity contribution in [1.29, 1.82) is 0 Å². The third-order valence-electron chi connectivity index (χ3n) is 3.35. The summed E-state index contributed by atoms with van der Waals surface area (Å²) in [6.07, 6.45) is 0.0513. The van der Waals surface area contributed by atoms with Crippen LogP contribution in [0.25, 0.3) is 0 Å². The average Bonchev–Trinajstić information content (AvgIpc) is 2.50. The molecule has 0 heterocycles. The quantitative estimate of drug-likeness (QED) is 0.889. The van der Waals surface area contributed by atoms with Crippen molar-refractivity contribution in [3.05, 3.63) is 59.4 Å². The van der Waals surface area contributed by atoms with Gasteiger partial charge in [0.05, 0.1) is 20.3 Å². The molecule has 0 aliphatic heterocycles. The number of aliphatic hydroxyl groups is 1. The van der Waals surface area contributed by atoms with E-state index in [9.17, 15) is 9.50 Å². The minimum Gasteiger partial charge on any atom is -0.497 e. The first kappa shape index (κ1) is 15.3. The van der Waals surface area contributed by atoms with Gasteiger partial charge in [-0.1, -0.05) is 24.3 Å². The Morgan fingerprint density at radius 1 is 1.00 bits per heavy atom. The molecule has 112 valence electrons. The second-order valence-corrected chi connectivity index (χ2v) is 4.84. The average molecular weight is 290 g/mol. The summed E-state index contributed by atoms with van der Waals surface area (Å²) in [6, 6.07) is 12.4. The van der Waals surface area contributed by atoms with Gasteiger partial charge >= 0.3 is 0 Å². The molecule has 0 bridgehead atoms. The Bertz CT molecular complexity index is 581. The number of halogens is 1. The first-order chi connectivity index (χ1) is 10.1. The lowest BCUT2D eigenvalue weighted by molar-refractivity contribution is 0.174. The molecule has 3 nitrogen and oxygen atoms in total. The van der Waals surface area contributed by atoms with Crippen molar-refractivity contribution < 1.29 is 19.0 Å². The number of ether oxygens (including phenoxy) is 2. The number of benzene rings is 2. The fourth-order valence-electron chi connectivity index (χ4n) is 2.23. The predicted octanol–water partition coefficient (Wildman–Crippen LogP) is 2.99. The highest BCUT2D eigenvalue weighted by Gasteiger charge is 2.13. The molecule has 1 N–H and O–H groups in total. The summed E-state index contributed by atoms with van der Waals surface area (Å²) in [5.74, 6) is 0.560. The fraction of sp³-hybridized carbons (Fsp3) is 0.294. The lowest BCUT2D eigenvalue weighted by Crippen LogP contribution is -2.15. The summed E-state index contributed by atoms with van der Waals surface area (Å²) in [5.41, 5.74) is 1.43. The van der Waals surface area contributed by atoms with Gasteiger partial charge in [0.15, 0.2) is 11.6 Å². The largest absolute Gasteiger partial charge is 0.497 e. The summed E-state index contributed by atoms with van der Waals surface area (Å²) in [5, 5.41) is 10.1. The summed E-state index contributed by atoms with van der Waals surface area (Å²) < 4.78 is 24.0. The molecule has 1 unspecified atom stereocenters. The highest BCUT2D eigenvalue weighted by atomic mass is 19.1. The molecular formula is C17H19FO3. The van der Waals surface area contributed by atoms with Crippen LogP contribution in [0, 0.1) is 5.82 Å². The molecule has 2 aromatic carbocycles. The lowest BCUT2D eigenvalue weighted by Gasteiger charge is -2.13. The second-order valence-electron chi connectivity index (χ2n) is 4.84. The van der Waals surface area contributed by atoms with Gasteiger partial charge in [-0.25, -0.2) is 4.39 Å². The van der Waals surface area contributed by atoms with E-state index in [2.05, 4.69) is 0 Å². The molecule has 0 aliphatic rings. The molecule has 0 saturated carbocycles. The maximum absolute atomic E-state index is 14.0. The highest BCUT2D eigenvalue weighted by Crippen LogP contribution is 2.22. The number of rotatable bonds is 6. The van der Waals surface area contributed by atoms with Gasteiger partial charge in [0.2, 0.25) is 0 Å². The zero-order valence-electron chi connectivity index (χ0n) is 12.2. The van der Waals surface area contributed by atoms with Crippen LogP contribution in [0.5, 0.6) is 11.5 Å². The summed E-state index contributed by atoms with van der Waals surface area (Å²) >= 11 is 0. The molecule has 0 amide bonds. The van der Waals surface area contributed by atoms with Gasteiger partial charge in [0, 0.05) is 6.42 Å². The maximum atomic E-state index is 14.0. The molecule has 1 atom stereocenters. The number of aliphatic hydroxyl groups excluding tert-OH is 1. The molecule has 0 aromatic heterocycles. The smallest absolute Gasteiger partial charge is 0.168 e. The Hall–Kier alpha value is -2.07. The number of methoxy groups -OCH3 is 2. The number of hydrogen-bond acceptors (Lipinski definition) is 3. The van der Waals surface area contributed by atoms with Crippen LogP contribution in [0.4, 0.5) is 4.39 Å². The minimum absolute atomic E-state index is 0.198. The van der Waals surface area contributed by atoms with Gasteiger partial charge in [-0.15, -0.1) is 0 Å². The molecule has 2 aromatic rings. The van der Waals surface area contributed by atoms with Crippen LogP contribution >= 0.6 is 0 Å². The molecule has 0 aliphatic carbocycles. The Morgan fingerprint density at radius 3 is 2.33 bits per heavy atom. The van der Waals surface area contributed by atoms with E-state index in [1.54, 1.807) is 25.3 Å². The molecule has 0 spiro atoms. The van der Waals surface area contributed by atoms with Crippen LogP contribution in [0.3, 0.4) is 0 Å². The lowest BCUT2D eigenvalue weighted by atomic mass is 10.0. The van der Waals surface area contributed by atoms with Gasteiger partial charge in [-0.05, 0) is 35.7 Å². The summed E-state index contributed by atoms with van der Waals surface area (Å²) in [6.45, 7) is 0. The van der Waals surface area contributed by atoms with E-state index in [0.29, 0.717) is 12.0 Å². The van der Waals surface area contributed by atoms with E-state index >= 15 is 0 Å². The fourth-order valence-corrected chi connectivity index (χ4v) is 2.23.